The average Bonchev–Trinajstić information content (AvgIpc) is 3.29. The molecule has 0 fully saturated rings. The van der Waals surface area contributed by atoms with Crippen LogP contribution < -0.4 is 10.6 Å². The van der Waals surface area contributed by atoms with Crippen LogP contribution in [0, 0.1) is 0 Å². The Morgan fingerprint density at radius 2 is 1.14 bits per heavy atom. The van der Waals surface area contributed by atoms with Gasteiger partial charge in [0.05, 0.1) is 68.5 Å². The largest absolute Gasteiger partial charge is 0.505 e. The van der Waals surface area contributed by atoms with Gasteiger partial charge in [0, 0.05) is 22.0 Å². The van der Waals surface area contributed by atoms with Crippen molar-refractivity contribution in [2.45, 2.75) is 14.7 Å². The number of phenolic OH excluding ortho intramolecular Hbond substituents is 1. The van der Waals surface area contributed by atoms with Gasteiger partial charge < -0.3 is 15.7 Å². The number of rotatable bonds is 26. The van der Waals surface area contributed by atoms with Crippen molar-refractivity contribution < 1.29 is 92.0 Å². The number of carbonyl (C=O) groups is 1. The summed E-state index contributed by atoms with van der Waals surface area (Å²) in [6.45, 7) is -0.596. The second-order valence-corrected chi connectivity index (χ2v) is 19.8. The van der Waals surface area contributed by atoms with Crippen LogP contribution in [0.5, 0.6) is 5.75 Å². The molecule has 5 rings (SSSR count). The number of nitrogens with zero attached hydrogens (tertiary/aromatic N) is 4. The zero-order chi connectivity index (χ0) is 47.7. The molecule has 5 aromatic carbocycles. The molecular formula is C34H32N6O20S6. The van der Waals surface area contributed by atoms with Gasteiger partial charge in [0.15, 0.2) is 50.1 Å². The fourth-order valence-corrected chi connectivity index (χ4v) is 8.90. The van der Waals surface area contributed by atoms with Gasteiger partial charge in [-0.15, -0.1) is 23.2 Å². The van der Waals surface area contributed by atoms with E-state index in [4.69, 9.17) is 24.1 Å². The van der Waals surface area contributed by atoms with Gasteiger partial charge in [-0.05, 0) is 91.0 Å². The molecule has 0 radical (unpaired) electrons. The minimum absolute atomic E-state index is 0.00528. The number of amides is 1. The van der Waals surface area contributed by atoms with Gasteiger partial charge in [-0.3, -0.25) is 17.7 Å². The number of hydrogen-bond acceptors (Lipinski definition) is 27. The molecule has 1 amide bonds. The standard InChI is InChI=1S/C34H32N6O20S6/c41-33-27-13-14-29(35-20-66(50,51)52)31(28(27)19-30(61-58-55-43)32(33)40-38-24-7-11-26(12-8-24)65(48,49)18-16-54-63-60-57-45)39-37-23-3-1-21(2-4-23)34(42)36-22-5-9-25(10-6-22)64(46,47)17-15-53-62-59-56-44/h1-14,19,35,41,43-45H,15-18,20H2,(H,36,42)(H,50,51,52). The highest BCUT2D eigenvalue weighted by Crippen LogP contribution is 2.48. The lowest BCUT2D eigenvalue weighted by Crippen LogP contribution is -2.13. The van der Waals surface area contributed by atoms with E-state index in [0.717, 1.165) is 0 Å². The number of benzene rings is 5. The molecule has 0 aliphatic carbocycles. The van der Waals surface area contributed by atoms with Crippen LogP contribution in [0.3, 0.4) is 0 Å². The first-order valence-corrected chi connectivity index (χ1v) is 24.6. The normalized spacial score (nSPS) is 12.4. The molecular weight excluding hydrogens is 1000 g/mol. The van der Waals surface area contributed by atoms with Crippen LogP contribution >= 0.6 is 36.7 Å². The van der Waals surface area contributed by atoms with Gasteiger partial charge in [-0.25, -0.2) is 32.6 Å². The molecule has 0 aliphatic rings. The van der Waals surface area contributed by atoms with E-state index in [-0.39, 0.29) is 103 Å². The van der Waals surface area contributed by atoms with Crippen LogP contribution in [0.1, 0.15) is 10.4 Å². The van der Waals surface area contributed by atoms with Crippen molar-refractivity contribution in [3.63, 3.8) is 0 Å². The van der Waals surface area contributed by atoms with Crippen molar-refractivity contribution in [2.75, 3.05) is 41.2 Å². The van der Waals surface area contributed by atoms with Crippen molar-refractivity contribution >= 4 is 117 Å². The lowest BCUT2D eigenvalue weighted by atomic mass is 10.1. The Labute approximate surface area is 386 Å². The highest BCUT2D eigenvalue weighted by atomic mass is 32.2. The Balaban J connectivity index is 1.38. The molecule has 0 saturated heterocycles. The van der Waals surface area contributed by atoms with E-state index in [2.05, 4.69) is 59.2 Å². The topological polar surface area (TPSA) is 368 Å². The molecule has 66 heavy (non-hydrogen) atoms. The van der Waals surface area contributed by atoms with Crippen molar-refractivity contribution in [2.24, 2.45) is 20.5 Å². The third kappa shape index (κ3) is 15.3. The minimum atomic E-state index is -4.57. The fraction of sp³-hybridized carbons (Fsp3) is 0.147. The molecule has 26 nitrogen and oxygen atoms in total. The number of azo groups is 2. The van der Waals surface area contributed by atoms with Crippen LogP contribution in [0.4, 0.5) is 34.1 Å². The van der Waals surface area contributed by atoms with E-state index in [0.29, 0.717) is 12.0 Å². The smallest absolute Gasteiger partial charge is 0.283 e. The molecule has 7 N–H and O–H groups in total. The first-order chi connectivity index (χ1) is 31.5. The number of nitrogens with one attached hydrogen (secondary N) is 2. The highest BCUT2D eigenvalue weighted by molar-refractivity contribution is 7.94. The van der Waals surface area contributed by atoms with Crippen molar-refractivity contribution in [3.05, 3.63) is 96.6 Å². The summed E-state index contributed by atoms with van der Waals surface area (Å²) in [5.41, 5.74) is 0.450. The first-order valence-electron chi connectivity index (χ1n) is 17.6. The van der Waals surface area contributed by atoms with Crippen molar-refractivity contribution in [1.82, 2.24) is 0 Å². The third-order valence-electron chi connectivity index (χ3n) is 8.22. The number of hydrogen-bond donors (Lipinski definition) is 7. The summed E-state index contributed by atoms with van der Waals surface area (Å²) in [5, 5.41) is 69.0. The Bertz CT molecular complexity index is 2840. The van der Waals surface area contributed by atoms with Crippen LogP contribution in [-0.2, 0) is 66.3 Å². The maximum absolute atomic E-state index is 13.0. The maximum Gasteiger partial charge on any atom is 0.283 e. The monoisotopic (exact) mass is 1040 g/mol. The average molecular weight is 1040 g/mol. The third-order valence-corrected chi connectivity index (χ3v) is 13.5. The highest BCUT2D eigenvalue weighted by Gasteiger charge is 2.21. The number of sulfone groups is 2. The maximum atomic E-state index is 13.0. The van der Waals surface area contributed by atoms with E-state index in [1.807, 2.05) is 0 Å². The zero-order valence-electron chi connectivity index (χ0n) is 32.8. The molecule has 5 aromatic rings. The molecule has 32 heteroatoms. The summed E-state index contributed by atoms with van der Waals surface area (Å²) in [5.74, 6) is -2.92. The Morgan fingerprint density at radius 3 is 1.67 bits per heavy atom. The van der Waals surface area contributed by atoms with Crippen LogP contribution in [0.15, 0.2) is 126 Å². The van der Waals surface area contributed by atoms with E-state index < -0.39 is 58.8 Å². The molecule has 0 aromatic heterocycles. The quantitative estimate of drug-likeness (QED) is 0.00691. The predicted molar refractivity (Wildman–Crippen MR) is 233 cm³/mol. The first kappa shape index (κ1) is 52.0. The Kier molecular flexibility index (Phi) is 19.5. The Hall–Kier alpha value is -4.95. The summed E-state index contributed by atoms with van der Waals surface area (Å²) in [4.78, 5) is 12.8. The summed E-state index contributed by atoms with van der Waals surface area (Å²) in [6.07, 6.45) is 0. The van der Waals surface area contributed by atoms with Crippen LogP contribution in [-0.4, -0.2) is 87.2 Å². The molecule has 0 bridgehead atoms. The molecule has 0 saturated carbocycles. The lowest BCUT2D eigenvalue weighted by Gasteiger charge is -2.14. The van der Waals surface area contributed by atoms with Gasteiger partial charge in [0.2, 0.25) is 0 Å². The van der Waals surface area contributed by atoms with E-state index in [1.54, 1.807) is 0 Å². The number of fused-ring (bicyclic) bond motifs is 1. The lowest BCUT2D eigenvalue weighted by molar-refractivity contribution is -0.434. The predicted octanol–water partition coefficient (Wildman–Crippen LogP) is 7.86. The minimum Gasteiger partial charge on any atom is -0.505 e. The van der Waals surface area contributed by atoms with Crippen LogP contribution in [0.2, 0.25) is 0 Å². The van der Waals surface area contributed by atoms with E-state index >= 15 is 0 Å². The Morgan fingerprint density at radius 1 is 0.621 bits per heavy atom. The molecule has 0 aliphatic heterocycles. The summed E-state index contributed by atoms with van der Waals surface area (Å²) < 4.78 is 105. The second-order valence-electron chi connectivity index (χ2n) is 12.4. The van der Waals surface area contributed by atoms with Gasteiger partial charge in [-0.1, -0.05) is 15.1 Å². The zero-order valence-corrected chi connectivity index (χ0v) is 37.7. The van der Waals surface area contributed by atoms with Gasteiger partial charge >= 0.3 is 0 Å². The molecule has 0 atom stereocenters. The SMILES string of the molecule is O=C(Nc1ccc(S(=O)(=O)CCOSOOO)cc1)c1ccc(N=Nc2c(NCS(=O)(=O)O)ccc3c(O)c(N=Nc4ccc(S(=O)(=O)CCOSOOO)cc4)c(SOOO)cc23)cc1. The molecule has 0 heterocycles. The molecule has 0 unspecified atom stereocenters. The molecule has 354 valence electrons. The second kappa shape index (κ2) is 24.7. The summed E-state index contributed by atoms with van der Waals surface area (Å²) in [6, 6.07) is 20.2. The number of anilines is 2. The van der Waals surface area contributed by atoms with Gasteiger partial charge in [0.1, 0.15) is 17.3 Å². The van der Waals surface area contributed by atoms with Crippen molar-refractivity contribution in [3.8, 4) is 5.75 Å². The van der Waals surface area contributed by atoms with E-state index in [1.165, 1.54) is 91.0 Å². The van der Waals surface area contributed by atoms with E-state index in [9.17, 15) is 39.7 Å². The number of phenols is 1. The number of aromatic hydroxyl groups is 1. The fourth-order valence-electron chi connectivity index (χ4n) is 5.25. The summed E-state index contributed by atoms with van der Waals surface area (Å²) >= 11 is 0.824. The van der Waals surface area contributed by atoms with Gasteiger partial charge in [0.25, 0.3) is 16.0 Å². The molecule has 0 spiro atoms. The summed E-state index contributed by atoms with van der Waals surface area (Å²) in [7, 11) is -12.2. The number of carbonyl (C=O) groups excluding carboxylic acids is 1. The van der Waals surface area contributed by atoms with Gasteiger partial charge in [-0.2, -0.15) is 18.6 Å². The van der Waals surface area contributed by atoms with Crippen LogP contribution in [0.25, 0.3) is 10.8 Å². The van der Waals surface area contributed by atoms with Crippen molar-refractivity contribution in [1.29, 1.82) is 0 Å².